The van der Waals surface area contributed by atoms with Gasteiger partial charge in [0.05, 0.1) is 11.9 Å². The minimum Gasteiger partial charge on any atom is -0.459 e. The number of carbonyl (C=O) groups is 1. The van der Waals surface area contributed by atoms with Crippen LogP contribution >= 0.6 is 11.8 Å². The van der Waals surface area contributed by atoms with Gasteiger partial charge >= 0.3 is 5.97 Å². The third-order valence-electron chi connectivity index (χ3n) is 2.24. The number of esters is 1. The maximum absolute atomic E-state index is 11.7. The third kappa shape index (κ3) is 3.61. The maximum atomic E-state index is 11.7. The van der Waals surface area contributed by atoms with E-state index in [0.717, 1.165) is 0 Å². The summed E-state index contributed by atoms with van der Waals surface area (Å²) in [6.07, 6.45) is 5.17. The van der Waals surface area contributed by atoms with E-state index in [1.54, 1.807) is 23.0 Å². The highest BCUT2D eigenvalue weighted by molar-refractivity contribution is 8.00. The van der Waals surface area contributed by atoms with Gasteiger partial charge in [0.1, 0.15) is 10.6 Å². The average molecular weight is 295 g/mol. The fraction of sp³-hybridized carbons (Fsp3) is 0.417. The zero-order chi connectivity index (χ0) is 14.8. The van der Waals surface area contributed by atoms with Crippen LogP contribution in [0, 0.1) is 0 Å². The van der Waals surface area contributed by atoms with E-state index in [0.29, 0.717) is 16.5 Å². The SMILES string of the molecule is CC(C)(C)OC(=O)CSc1nc(NN)cn2ccnc12. The Morgan fingerprint density at radius 2 is 2.30 bits per heavy atom. The number of hydrogen-bond donors (Lipinski definition) is 2. The average Bonchev–Trinajstić information content (AvgIpc) is 2.81. The van der Waals surface area contributed by atoms with E-state index in [9.17, 15) is 4.79 Å². The number of carbonyl (C=O) groups excluding carboxylic acids is 1. The first-order valence-corrected chi connectivity index (χ1v) is 7.02. The predicted molar refractivity (Wildman–Crippen MR) is 77.4 cm³/mol. The molecular formula is C12H17N5O2S. The number of anilines is 1. The van der Waals surface area contributed by atoms with Crippen LogP contribution in [0.25, 0.3) is 5.65 Å². The van der Waals surface area contributed by atoms with Crippen LogP contribution in [0.4, 0.5) is 5.82 Å². The second-order valence-electron chi connectivity index (χ2n) is 5.11. The van der Waals surface area contributed by atoms with Gasteiger partial charge in [-0.05, 0) is 20.8 Å². The normalized spacial score (nSPS) is 11.6. The summed E-state index contributed by atoms with van der Waals surface area (Å²) < 4.78 is 7.05. The fourth-order valence-electron chi connectivity index (χ4n) is 1.57. The highest BCUT2D eigenvalue weighted by atomic mass is 32.2. The van der Waals surface area contributed by atoms with Gasteiger partial charge in [0.25, 0.3) is 0 Å². The van der Waals surface area contributed by atoms with E-state index >= 15 is 0 Å². The van der Waals surface area contributed by atoms with Crippen molar-refractivity contribution in [2.75, 3.05) is 11.2 Å². The van der Waals surface area contributed by atoms with Crippen molar-refractivity contribution in [3.63, 3.8) is 0 Å². The van der Waals surface area contributed by atoms with Gasteiger partial charge in [-0.1, -0.05) is 11.8 Å². The molecule has 3 N–H and O–H groups in total. The molecule has 0 aliphatic carbocycles. The minimum absolute atomic E-state index is 0.167. The summed E-state index contributed by atoms with van der Waals surface area (Å²) >= 11 is 1.27. The smallest absolute Gasteiger partial charge is 0.316 e. The van der Waals surface area contributed by atoms with Crippen LogP contribution in [-0.4, -0.2) is 31.7 Å². The molecule has 2 heterocycles. The lowest BCUT2D eigenvalue weighted by molar-refractivity contribution is -0.151. The molecule has 0 saturated carbocycles. The number of nitrogens with zero attached hydrogens (tertiary/aromatic N) is 3. The molecule has 0 unspecified atom stereocenters. The predicted octanol–water partition coefficient (Wildman–Crippen LogP) is 1.45. The topological polar surface area (TPSA) is 94.5 Å². The van der Waals surface area contributed by atoms with Crippen molar-refractivity contribution >= 4 is 29.2 Å². The number of fused-ring (bicyclic) bond motifs is 1. The van der Waals surface area contributed by atoms with E-state index in [4.69, 9.17) is 10.6 Å². The zero-order valence-corrected chi connectivity index (χ0v) is 12.4. The molecule has 20 heavy (non-hydrogen) atoms. The van der Waals surface area contributed by atoms with Crippen molar-refractivity contribution in [3.8, 4) is 0 Å². The van der Waals surface area contributed by atoms with E-state index in [1.165, 1.54) is 11.8 Å². The number of rotatable bonds is 4. The van der Waals surface area contributed by atoms with E-state index in [1.807, 2.05) is 20.8 Å². The Kier molecular flexibility index (Phi) is 4.15. The molecule has 0 aromatic carbocycles. The number of imidazole rings is 1. The molecular weight excluding hydrogens is 278 g/mol. The molecule has 0 amide bonds. The number of hydrogen-bond acceptors (Lipinski definition) is 7. The summed E-state index contributed by atoms with van der Waals surface area (Å²) in [5.41, 5.74) is 2.67. The summed E-state index contributed by atoms with van der Waals surface area (Å²) in [4.78, 5) is 20.2. The van der Waals surface area contributed by atoms with Gasteiger partial charge < -0.3 is 14.6 Å². The molecule has 2 rings (SSSR count). The number of hydrazine groups is 1. The molecule has 0 aliphatic heterocycles. The van der Waals surface area contributed by atoms with E-state index in [2.05, 4.69) is 15.4 Å². The molecule has 0 radical (unpaired) electrons. The molecule has 0 atom stereocenters. The Morgan fingerprint density at radius 1 is 1.55 bits per heavy atom. The number of nitrogen functional groups attached to an aromatic ring is 1. The van der Waals surface area contributed by atoms with Crippen molar-refractivity contribution in [3.05, 3.63) is 18.6 Å². The summed E-state index contributed by atoms with van der Waals surface area (Å²) in [6.45, 7) is 5.50. The second-order valence-corrected chi connectivity index (χ2v) is 6.07. The van der Waals surface area contributed by atoms with Crippen molar-refractivity contribution in [1.29, 1.82) is 0 Å². The van der Waals surface area contributed by atoms with Crippen molar-refractivity contribution in [2.45, 2.75) is 31.4 Å². The Morgan fingerprint density at radius 3 is 2.95 bits per heavy atom. The molecule has 2 aromatic rings. The van der Waals surface area contributed by atoms with Crippen molar-refractivity contribution in [1.82, 2.24) is 14.4 Å². The number of nitrogens with two attached hydrogens (primary N) is 1. The van der Waals surface area contributed by atoms with E-state index < -0.39 is 5.60 Å². The van der Waals surface area contributed by atoms with Crippen molar-refractivity contribution in [2.24, 2.45) is 5.84 Å². The number of thioether (sulfide) groups is 1. The lowest BCUT2D eigenvalue weighted by Crippen LogP contribution is -2.25. The minimum atomic E-state index is -0.492. The molecule has 0 fully saturated rings. The highest BCUT2D eigenvalue weighted by Gasteiger charge is 2.17. The molecule has 7 nitrogen and oxygen atoms in total. The first-order chi connectivity index (χ1) is 9.39. The molecule has 8 heteroatoms. The van der Waals surface area contributed by atoms with Crippen LogP contribution in [0.3, 0.4) is 0 Å². The summed E-state index contributed by atoms with van der Waals surface area (Å²) in [5.74, 6) is 5.75. The summed E-state index contributed by atoms with van der Waals surface area (Å²) in [5, 5.41) is 0.622. The molecule has 0 spiro atoms. The number of nitrogens with one attached hydrogen (secondary N) is 1. The van der Waals surface area contributed by atoms with Crippen molar-refractivity contribution < 1.29 is 9.53 Å². The largest absolute Gasteiger partial charge is 0.459 e. The van der Waals surface area contributed by atoms with Crippen LogP contribution in [0.2, 0.25) is 0 Å². The van der Waals surface area contributed by atoms with Gasteiger partial charge in [0, 0.05) is 12.4 Å². The van der Waals surface area contributed by atoms with Gasteiger partial charge in [-0.15, -0.1) is 0 Å². The first-order valence-electron chi connectivity index (χ1n) is 6.04. The number of aromatic nitrogens is 3. The van der Waals surface area contributed by atoms with E-state index in [-0.39, 0.29) is 11.7 Å². The van der Waals surface area contributed by atoms with Gasteiger partial charge in [0.2, 0.25) is 0 Å². The van der Waals surface area contributed by atoms with Crippen LogP contribution in [0.1, 0.15) is 20.8 Å². The lowest BCUT2D eigenvalue weighted by atomic mass is 10.2. The monoisotopic (exact) mass is 295 g/mol. The maximum Gasteiger partial charge on any atom is 0.316 e. The van der Waals surface area contributed by atoms with Gasteiger partial charge in [0.15, 0.2) is 11.5 Å². The fourth-order valence-corrected chi connectivity index (χ4v) is 2.33. The quantitative estimate of drug-likeness (QED) is 0.381. The summed E-state index contributed by atoms with van der Waals surface area (Å²) in [6, 6.07) is 0. The number of ether oxygens (including phenoxy) is 1. The van der Waals surface area contributed by atoms with Crippen LogP contribution in [0.5, 0.6) is 0 Å². The van der Waals surface area contributed by atoms with Crippen LogP contribution in [0.15, 0.2) is 23.6 Å². The zero-order valence-electron chi connectivity index (χ0n) is 11.6. The van der Waals surface area contributed by atoms with Crippen LogP contribution < -0.4 is 11.3 Å². The van der Waals surface area contributed by atoms with Crippen LogP contribution in [-0.2, 0) is 9.53 Å². The Hall–Kier alpha value is -1.80. The van der Waals surface area contributed by atoms with Gasteiger partial charge in [-0.2, -0.15) is 0 Å². The first kappa shape index (κ1) is 14.6. The third-order valence-corrected chi connectivity index (χ3v) is 3.17. The highest BCUT2D eigenvalue weighted by Crippen LogP contribution is 2.23. The molecule has 2 aromatic heterocycles. The lowest BCUT2D eigenvalue weighted by Gasteiger charge is -2.19. The standard InChI is InChI=1S/C12H17N5O2S/c1-12(2,3)19-9(18)7-20-11-10-14-4-5-17(10)6-8(15-11)16-13/h4-6,16H,7,13H2,1-3H3. The Labute approximate surface area is 120 Å². The molecule has 0 aliphatic rings. The molecule has 108 valence electrons. The van der Waals surface area contributed by atoms with Gasteiger partial charge in [-0.3, -0.25) is 4.79 Å². The molecule has 0 bridgehead atoms. The van der Waals surface area contributed by atoms with Gasteiger partial charge in [-0.25, -0.2) is 15.8 Å². The molecule has 0 saturated heterocycles. The Balaban J connectivity index is 2.13. The second kappa shape index (κ2) is 5.68. The summed E-state index contributed by atoms with van der Waals surface area (Å²) in [7, 11) is 0. The Bertz CT molecular complexity index is 620.